The van der Waals surface area contributed by atoms with E-state index in [1.807, 2.05) is 43.3 Å². The van der Waals surface area contributed by atoms with Crippen molar-refractivity contribution in [2.24, 2.45) is 4.99 Å². The number of aliphatic imine (C=N–C) groups is 1. The van der Waals surface area contributed by atoms with E-state index in [1.54, 1.807) is 20.4 Å². The number of amides is 1. The van der Waals surface area contributed by atoms with Crippen LogP contribution in [0.5, 0.6) is 5.88 Å². The molecule has 2 aromatic rings. The fraction of sp³-hybridized carbons (Fsp3) is 0.350. The number of nitrogens with zero attached hydrogens (tertiary/aromatic N) is 2. The SMILES string of the molecule is CCNC(=NCc1ccnc(OC)c1)NCCc1cccc(C(=O)NC)c1. The van der Waals surface area contributed by atoms with Crippen LogP contribution in [0.3, 0.4) is 0 Å². The number of benzene rings is 1. The molecule has 0 radical (unpaired) electrons. The van der Waals surface area contributed by atoms with Gasteiger partial charge in [0.2, 0.25) is 5.88 Å². The molecule has 1 heterocycles. The zero-order valence-electron chi connectivity index (χ0n) is 16.1. The molecule has 0 aliphatic heterocycles. The summed E-state index contributed by atoms with van der Waals surface area (Å²) in [6, 6.07) is 11.4. The Morgan fingerprint density at radius 2 is 2.04 bits per heavy atom. The van der Waals surface area contributed by atoms with Crippen molar-refractivity contribution in [1.29, 1.82) is 0 Å². The van der Waals surface area contributed by atoms with Crippen LogP contribution in [-0.4, -0.2) is 44.1 Å². The highest BCUT2D eigenvalue weighted by atomic mass is 16.5. The van der Waals surface area contributed by atoms with Crippen molar-refractivity contribution in [2.45, 2.75) is 19.9 Å². The van der Waals surface area contributed by atoms with Gasteiger partial charge in [-0.05, 0) is 42.7 Å². The third kappa shape index (κ3) is 6.62. The van der Waals surface area contributed by atoms with Gasteiger partial charge in [-0.15, -0.1) is 0 Å². The molecule has 2 rings (SSSR count). The van der Waals surface area contributed by atoms with E-state index in [1.165, 1.54) is 0 Å². The minimum Gasteiger partial charge on any atom is -0.481 e. The number of aromatic nitrogens is 1. The molecule has 0 atom stereocenters. The predicted octanol–water partition coefficient (Wildman–Crippen LogP) is 1.75. The Balaban J connectivity index is 1.93. The normalized spacial score (nSPS) is 11.0. The minimum absolute atomic E-state index is 0.0764. The molecular formula is C20H27N5O2. The maximum atomic E-state index is 11.7. The molecule has 0 unspecified atom stereocenters. The maximum Gasteiger partial charge on any atom is 0.251 e. The number of pyridine rings is 1. The van der Waals surface area contributed by atoms with Crippen molar-refractivity contribution in [2.75, 3.05) is 27.2 Å². The molecule has 7 nitrogen and oxygen atoms in total. The number of rotatable bonds is 8. The van der Waals surface area contributed by atoms with Crippen LogP contribution < -0.4 is 20.7 Å². The highest BCUT2D eigenvalue weighted by molar-refractivity contribution is 5.94. The lowest BCUT2D eigenvalue weighted by Gasteiger charge is -2.12. The van der Waals surface area contributed by atoms with Crippen LogP contribution in [0.15, 0.2) is 47.6 Å². The van der Waals surface area contributed by atoms with Crippen molar-refractivity contribution in [3.05, 3.63) is 59.3 Å². The fourth-order valence-corrected chi connectivity index (χ4v) is 2.51. The molecule has 0 spiro atoms. The molecule has 0 aliphatic carbocycles. The first-order valence-corrected chi connectivity index (χ1v) is 8.98. The summed E-state index contributed by atoms with van der Waals surface area (Å²) in [6.07, 6.45) is 2.50. The first-order chi connectivity index (χ1) is 13.2. The van der Waals surface area contributed by atoms with Gasteiger partial charge in [0.15, 0.2) is 5.96 Å². The summed E-state index contributed by atoms with van der Waals surface area (Å²) < 4.78 is 5.14. The van der Waals surface area contributed by atoms with Gasteiger partial charge in [0.1, 0.15) is 0 Å². The molecule has 0 saturated heterocycles. The minimum atomic E-state index is -0.0764. The van der Waals surface area contributed by atoms with Crippen LogP contribution in [0.2, 0.25) is 0 Å². The van der Waals surface area contributed by atoms with Crippen LogP contribution in [0, 0.1) is 0 Å². The predicted molar refractivity (Wildman–Crippen MR) is 107 cm³/mol. The highest BCUT2D eigenvalue weighted by Gasteiger charge is 2.04. The summed E-state index contributed by atoms with van der Waals surface area (Å²) in [5, 5.41) is 9.20. The van der Waals surface area contributed by atoms with Gasteiger partial charge >= 0.3 is 0 Å². The van der Waals surface area contributed by atoms with E-state index < -0.39 is 0 Å². The number of hydrogen-bond donors (Lipinski definition) is 3. The fourth-order valence-electron chi connectivity index (χ4n) is 2.51. The Morgan fingerprint density at radius 1 is 1.19 bits per heavy atom. The first-order valence-electron chi connectivity index (χ1n) is 8.98. The first kappa shape index (κ1) is 20.2. The second-order valence-corrected chi connectivity index (χ2v) is 5.86. The number of ether oxygens (including phenoxy) is 1. The Morgan fingerprint density at radius 3 is 2.78 bits per heavy atom. The van der Waals surface area contributed by atoms with Gasteiger partial charge in [-0.25, -0.2) is 9.98 Å². The number of methoxy groups -OCH3 is 1. The topological polar surface area (TPSA) is 87.6 Å². The Hall–Kier alpha value is -3.09. The molecule has 1 aromatic heterocycles. The monoisotopic (exact) mass is 369 g/mol. The van der Waals surface area contributed by atoms with Gasteiger partial charge < -0.3 is 20.7 Å². The Bertz CT molecular complexity index is 776. The summed E-state index contributed by atoms with van der Waals surface area (Å²) >= 11 is 0. The van der Waals surface area contributed by atoms with E-state index in [0.717, 1.165) is 30.1 Å². The van der Waals surface area contributed by atoms with Gasteiger partial charge in [0, 0.05) is 38.0 Å². The van der Waals surface area contributed by atoms with E-state index in [4.69, 9.17) is 4.74 Å². The summed E-state index contributed by atoms with van der Waals surface area (Å²) in [5.41, 5.74) is 2.79. The molecule has 0 fully saturated rings. The van der Waals surface area contributed by atoms with Crippen LogP contribution in [0.1, 0.15) is 28.4 Å². The molecule has 7 heteroatoms. The number of carbonyl (C=O) groups excluding carboxylic acids is 1. The second-order valence-electron chi connectivity index (χ2n) is 5.86. The number of nitrogens with one attached hydrogen (secondary N) is 3. The molecule has 3 N–H and O–H groups in total. The van der Waals surface area contributed by atoms with E-state index in [2.05, 4.69) is 25.9 Å². The average Bonchev–Trinajstić information content (AvgIpc) is 2.71. The van der Waals surface area contributed by atoms with Crippen LogP contribution in [-0.2, 0) is 13.0 Å². The summed E-state index contributed by atoms with van der Waals surface area (Å²) in [7, 11) is 3.23. The molecule has 1 amide bonds. The Labute approximate surface area is 160 Å². The van der Waals surface area contributed by atoms with Gasteiger partial charge in [-0.1, -0.05) is 12.1 Å². The number of guanidine groups is 1. The van der Waals surface area contributed by atoms with E-state index in [9.17, 15) is 4.79 Å². The van der Waals surface area contributed by atoms with E-state index in [0.29, 0.717) is 24.5 Å². The van der Waals surface area contributed by atoms with Crippen LogP contribution in [0.25, 0.3) is 0 Å². The van der Waals surface area contributed by atoms with Crippen molar-refractivity contribution in [1.82, 2.24) is 20.9 Å². The van der Waals surface area contributed by atoms with Crippen LogP contribution in [0.4, 0.5) is 0 Å². The zero-order valence-corrected chi connectivity index (χ0v) is 16.1. The van der Waals surface area contributed by atoms with Gasteiger partial charge in [-0.3, -0.25) is 4.79 Å². The quantitative estimate of drug-likeness (QED) is 0.487. The summed E-state index contributed by atoms with van der Waals surface area (Å²) in [5.74, 6) is 1.25. The van der Waals surface area contributed by atoms with Gasteiger partial charge in [-0.2, -0.15) is 0 Å². The molecule has 1 aromatic carbocycles. The smallest absolute Gasteiger partial charge is 0.251 e. The average molecular weight is 369 g/mol. The lowest BCUT2D eigenvalue weighted by atomic mass is 10.1. The third-order valence-corrected chi connectivity index (χ3v) is 3.89. The second kappa shape index (κ2) is 10.8. The summed E-state index contributed by atoms with van der Waals surface area (Å²) in [4.78, 5) is 20.4. The lowest BCUT2D eigenvalue weighted by Crippen LogP contribution is -2.38. The van der Waals surface area contributed by atoms with Gasteiger partial charge in [0.25, 0.3) is 5.91 Å². The maximum absolute atomic E-state index is 11.7. The lowest BCUT2D eigenvalue weighted by molar-refractivity contribution is 0.0963. The molecule has 0 bridgehead atoms. The standard InChI is InChI=1S/C20H27N5O2/c1-4-22-20(25-14-16-9-10-23-18(13-16)27-3)24-11-8-15-6-5-7-17(12-15)19(26)21-2/h5-7,9-10,12-13H,4,8,11,14H2,1-3H3,(H,21,26)(H2,22,24,25). The molecule has 144 valence electrons. The molecule has 0 saturated carbocycles. The van der Waals surface area contributed by atoms with Crippen LogP contribution >= 0.6 is 0 Å². The number of carbonyl (C=O) groups is 1. The zero-order chi connectivity index (χ0) is 19.5. The summed E-state index contributed by atoms with van der Waals surface area (Å²) in [6.45, 7) is 4.04. The Kier molecular flexibility index (Phi) is 8.09. The molecular weight excluding hydrogens is 342 g/mol. The van der Waals surface area contributed by atoms with Crippen molar-refractivity contribution in [3.63, 3.8) is 0 Å². The third-order valence-electron chi connectivity index (χ3n) is 3.89. The largest absolute Gasteiger partial charge is 0.481 e. The van der Waals surface area contributed by atoms with Crippen molar-refractivity contribution < 1.29 is 9.53 Å². The molecule has 27 heavy (non-hydrogen) atoms. The van der Waals surface area contributed by atoms with Crippen molar-refractivity contribution >= 4 is 11.9 Å². The number of hydrogen-bond acceptors (Lipinski definition) is 4. The van der Waals surface area contributed by atoms with E-state index in [-0.39, 0.29) is 5.91 Å². The van der Waals surface area contributed by atoms with Gasteiger partial charge in [0.05, 0.1) is 13.7 Å². The van der Waals surface area contributed by atoms with Crippen molar-refractivity contribution in [3.8, 4) is 5.88 Å². The molecule has 0 aliphatic rings. The highest BCUT2D eigenvalue weighted by Crippen LogP contribution is 2.09. The van der Waals surface area contributed by atoms with E-state index >= 15 is 0 Å².